The molecule has 3 atom stereocenters. The van der Waals surface area contributed by atoms with Crippen LogP contribution >= 0.6 is 0 Å². The molecule has 4 aromatic rings. The van der Waals surface area contributed by atoms with Gasteiger partial charge in [-0.1, -0.05) is 109 Å². The molecule has 5 rings (SSSR count). The van der Waals surface area contributed by atoms with Crippen LogP contribution in [0.1, 0.15) is 71.5 Å². The summed E-state index contributed by atoms with van der Waals surface area (Å²) in [4.78, 5) is 25.8. The number of hydrogen-bond acceptors (Lipinski definition) is 7. The average Bonchev–Trinajstić information content (AvgIpc) is 3.11. The first-order valence-electron chi connectivity index (χ1n) is 16.1. The standard InChI is InChI=1S/C38H43N3O6/c42-27-31-16-18-32(19-17-31)35-22-34(26-41(24-29-8-3-1-4-9-29)25-30-10-5-2-6-11-30)46-38(47-35)33-20-14-28(15-21-33)23-39-36(43)12-7-13-37(44)40-45/h1-6,8-11,14-21,34-35,38,42,45H,7,12-13,22-27H2,(H,39,43)(H,40,44)/t34-,35+,38+/m0/s1. The topological polar surface area (TPSA) is 120 Å². The molecule has 246 valence electrons. The number of hydrogen-bond donors (Lipinski definition) is 4. The average molecular weight is 638 g/mol. The number of aliphatic hydroxyl groups excluding tert-OH is 1. The van der Waals surface area contributed by atoms with E-state index in [9.17, 15) is 14.7 Å². The Balaban J connectivity index is 1.29. The van der Waals surface area contributed by atoms with Gasteiger partial charge in [0.05, 0.1) is 18.8 Å². The summed E-state index contributed by atoms with van der Waals surface area (Å²) in [7, 11) is 0. The van der Waals surface area contributed by atoms with Gasteiger partial charge in [-0.15, -0.1) is 0 Å². The van der Waals surface area contributed by atoms with Crippen molar-refractivity contribution in [1.29, 1.82) is 0 Å². The van der Waals surface area contributed by atoms with E-state index in [1.165, 1.54) is 11.1 Å². The van der Waals surface area contributed by atoms with Crippen LogP contribution in [0.3, 0.4) is 0 Å². The smallest absolute Gasteiger partial charge is 0.243 e. The van der Waals surface area contributed by atoms with Crippen LogP contribution in [0.15, 0.2) is 109 Å². The van der Waals surface area contributed by atoms with Crippen molar-refractivity contribution >= 4 is 11.8 Å². The molecule has 0 aromatic heterocycles. The van der Waals surface area contributed by atoms with Gasteiger partial charge in [-0.25, -0.2) is 5.48 Å². The second kappa shape index (κ2) is 17.5. The number of carbonyl (C=O) groups is 2. The quantitative estimate of drug-likeness (QED) is 0.0973. The van der Waals surface area contributed by atoms with Crippen LogP contribution in [0.2, 0.25) is 0 Å². The Morgan fingerprint density at radius 3 is 1.87 bits per heavy atom. The van der Waals surface area contributed by atoms with Gasteiger partial charge >= 0.3 is 0 Å². The molecule has 9 nitrogen and oxygen atoms in total. The molecule has 0 spiro atoms. The van der Waals surface area contributed by atoms with Crippen molar-refractivity contribution < 1.29 is 29.4 Å². The number of nitrogens with zero attached hydrogens (tertiary/aromatic N) is 1. The van der Waals surface area contributed by atoms with Gasteiger partial charge in [0.15, 0.2) is 6.29 Å². The maximum atomic E-state index is 12.2. The van der Waals surface area contributed by atoms with Gasteiger partial charge in [-0.05, 0) is 34.2 Å². The van der Waals surface area contributed by atoms with E-state index in [0.29, 0.717) is 25.9 Å². The van der Waals surface area contributed by atoms with E-state index in [1.54, 1.807) is 5.48 Å². The van der Waals surface area contributed by atoms with E-state index in [-0.39, 0.29) is 37.6 Å². The largest absolute Gasteiger partial charge is 0.392 e. The number of amides is 2. The van der Waals surface area contributed by atoms with Gasteiger partial charge in [-0.2, -0.15) is 0 Å². The maximum absolute atomic E-state index is 12.2. The first-order valence-corrected chi connectivity index (χ1v) is 16.1. The number of hydroxylamine groups is 1. The fraction of sp³-hybridized carbons (Fsp3) is 0.316. The molecule has 0 unspecified atom stereocenters. The molecule has 1 saturated heterocycles. The van der Waals surface area contributed by atoms with Crippen LogP contribution in [-0.2, 0) is 45.3 Å². The van der Waals surface area contributed by atoms with Crippen LogP contribution in [0.5, 0.6) is 0 Å². The molecule has 4 N–H and O–H groups in total. The highest BCUT2D eigenvalue weighted by molar-refractivity contribution is 5.78. The predicted molar refractivity (Wildman–Crippen MR) is 177 cm³/mol. The lowest BCUT2D eigenvalue weighted by atomic mass is 9.99. The molecular formula is C38H43N3O6. The van der Waals surface area contributed by atoms with Crippen molar-refractivity contribution in [3.8, 4) is 0 Å². The fourth-order valence-corrected chi connectivity index (χ4v) is 5.74. The Hall–Kier alpha value is -4.38. The third kappa shape index (κ3) is 10.6. The summed E-state index contributed by atoms with van der Waals surface area (Å²) >= 11 is 0. The molecule has 0 saturated carbocycles. The predicted octanol–water partition coefficient (Wildman–Crippen LogP) is 5.72. The summed E-state index contributed by atoms with van der Waals surface area (Å²) in [5, 5.41) is 21.0. The molecular weight excluding hydrogens is 594 g/mol. The van der Waals surface area contributed by atoms with Crippen LogP contribution in [0.25, 0.3) is 0 Å². The second-order valence-corrected chi connectivity index (χ2v) is 11.9. The van der Waals surface area contributed by atoms with E-state index in [0.717, 1.165) is 35.3 Å². The number of nitrogens with one attached hydrogen (secondary N) is 2. The van der Waals surface area contributed by atoms with Gasteiger partial charge in [0, 0.05) is 51.0 Å². The molecule has 0 bridgehead atoms. The van der Waals surface area contributed by atoms with Crippen molar-refractivity contribution in [3.05, 3.63) is 143 Å². The zero-order valence-corrected chi connectivity index (χ0v) is 26.5. The Morgan fingerprint density at radius 1 is 0.702 bits per heavy atom. The minimum atomic E-state index is -0.590. The summed E-state index contributed by atoms with van der Waals surface area (Å²) < 4.78 is 13.2. The molecule has 1 fully saturated rings. The van der Waals surface area contributed by atoms with E-state index < -0.39 is 12.2 Å². The van der Waals surface area contributed by atoms with Crippen LogP contribution in [0.4, 0.5) is 0 Å². The summed E-state index contributed by atoms with van der Waals surface area (Å²) in [5.74, 6) is -0.667. The Morgan fingerprint density at radius 2 is 1.28 bits per heavy atom. The molecule has 4 aromatic carbocycles. The number of carbonyl (C=O) groups excluding carboxylic acids is 2. The molecule has 2 amide bonds. The minimum absolute atomic E-state index is 0.0121. The highest BCUT2D eigenvalue weighted by Gasteiger charge is 2.33. The zero-order valence-electron chi connectivity index (χ0n) is 26.5. The molecule has 1 heterocycles. The lowest BCUT2D eigenvalue weighted by molar-refractivity contribution is -0.253. The zero-order chi connectivity index (χ0) is 32.8. The number of benzene rings is 4. The number of rotatable bonds is 15. The van der Waals surface area contributed by atoms with Crippen LogP contribution in [0, 0.1) is 0 Å². The van der Waals surface area contributed by atoms with Gasteiger partial charge in [0.1, 0.15) is 0 Å². The maximum Gasteiger partial charge on any atom is 0.243 e. The molecule has 0 radical (unpaired) electrons. The van der Waals surface area contributed by atoms with E-state index in [4.69, 9.17) is 14.7 Å². The van der Waals surface area contributed by atoms with Crippen LogP contribution in [-0.4, -0.2) is 39.7 Å². The van der Waals surface area contributed by atoms with Crippen molar-refractivity contribution in [1.82, 2.24) is 15.7 Å². The normalized spacial score (nSPS) is 17.7. The van der Waals surface area contributed by atoms with Gasteiger partial charge < -0.3 is 19.9 Å². The van der Waals surface area contributed by atoms with Crippen molar-refractivity contribution in [2.75, 3.05) is 6.54 Å². The first kappa shape index (κ1) is 34.0. The Labute approximate surface area is 276 Å². The third-order valence-corrected chi connectivity index (χ3v) is 8.25. The summed E-state index contributed by atoms with van der Waals surface area (Å²) in [5.41, 5.74) is 7.75. The molecule has 9 heteroatoms. The number of ether oxygens (including phenoxy) is 2. The minimum Gasteiger partial charge on any atom is -0.392 e. The molecule has 1 aliphatic rings. The monoisotopic (exact) mass is 637 g/mol. The van der Waals surface area contributed by atoms with Gasteiger partial charge in [-0.3, -0.25) is 19.7 Å². The highest BCUT2D eigenvalue weighted by atomic mass is 16.7. The summed E-state index contributed by atoms with van der Waals surface area (Å²) in [6.07, 6.45) is 0.413. The van der Waals surface area contributed by atoms with Crippen molar-refractivity contribution in [2.45, 2.75) is 70.4 Å². The van der Waals surface area contributed by atoms with Gasteiger partial charge in [0.2, 0.25) is 11.8 Å². The lowest BCUT2D eigenvalue weighted by Gasteiger charge is -2.38. The fourth-order valence-electron chi connectivity index (χ4n) is 5.74. The Kier molecular flexibility index (Phi) is 12.7. The third-order valence-electron chi connectivity index (χ3n) is 8.25. The highest BCUT2D eigenvalue weighted by Crippen LogP contribution is 2.38. The van der Waals surface area contributed by atoms with Crippen LogP contribution < -0.4 is 10.8 Å². The second-order valence-electron chi connectivity index (χ2n) is 11.9. The lowest BCUT2D eigenvalue weighted by Crippen LogP contribution is -2.39. The SMILES string of the molecule is O=C(CCCC(=O)NCc1ccc([C@@H]2O[C@H](CN(Cc3ccccc3)Cc3ccccc3)C[C@H](c3ccc(CO)cc3)O2)cc1)NO. The van der Waals surface area contributed by atoms with Crippen molar-refractivity contribution in [2.24, 2.45) is 0 Å². The first-order chi connectivity index (χ1) is 23.0. The van der Waals surface area contributed by atoms with E-state index in [2.05, 4.69) is 58.7 Å². The summed E-state index contributed by atoms with van der Waals surface area (Å²) in [6.45, 7) is 2.62. The summed E-state index contributed by atoms with van der Waals surface area (Å²) in [6, 6.07) is 36.7. The Bertz CT molecular complexity index is 1490. The molecule has 1 aliphatic heterocycles. The molecule has 47 heavy (non-hydrogen) atoms. The van der Waals surface area contributed by atoms with Crippen molar-refractivity contribution in [3.63, 3.8) is 0 Å². The van der Waals surface area contributed by atoms with E-state index >= 15 is 0 Å². The number of aliphatic hydroxyl groups is 1. The molecule has 0 aliphatic carbocycles. The van der Waals surface area contributed by atoms with E-state index in [1.807, 2.05) is 60.7 Å². The van der Waals surface area contributed by atoms with Gasteiger partial charge in [0.25, 0.3) is 0 Å².